The second-order valence-corrected chi connectivity index (χ2v) is 3.65. The van der Waals surface area contributed by atoms with Gasteiger partial charge in [-0.25, -0.2) is 0 Å². The van der Waals surface area contributed by atoms with Gasteiger partial charge in [0, 0.05) is 11.8 Å². The Kier molecular flexibility index (Phi) is 2.18. The molecule has 3 nitrogen and oxygen atoms in total. The van der Waals surface area contributed by atoms with Crippen molar-refractivity contribution in [2.45, 2.75) is 32.8 Å². The van der Waals surface area contributed by atoms with Crippen LogP contribution in [0.2, 0.25) is 0 Å². The van der Waals surface area contributed by atoms with Crippen molar-refractivity contribution in [2.75, 3.05) is 6.61 Å². The average molecular weight is 158 g/mol. The molecule has 1 aliphatic heterocycles. The third kappa shape index (κ3) is 1.71. The summed E-state index contributed by atoms with van der Waals surface area (Å²) in [6.07, 6.45) is 0.962. The number of aliphatic hydroxyl groups excluding tert-OH is 1. The minimum absolute atomic E-state index is 0.0668. The molecule has 1 saturated heterocycles. The molecule has 0 unspecified atom stereocenters. The standard InChI is InChI=1S/C8H14O3/c1-8(2)4-3-7(10)11-6(8)5-9/h6,9H,3-5H2,1-2H3/t6-/m0/s1. The topological polar surface area (TPSA) is 46.5 Å². The summed E-state index contributed by atoms with van der Waals surface area (Å²) >= 11 is 0. The lowest BCUT2D eigenvalue weighted by Gasteiger charge is -2.36. The van der Waals surface area contributed by atoms with Gasteiger partial charge in [-0.05, 0) is 6.42 Å². The van der Waals surface area contributed by atoms with Gasteiger partial charge in [-0.15, -0.1) is 0 Å². The van der Waals surface area contributed by atoms with Gasteiger partial charge in [-0.3, -0.25) is 4.79 Å². The molecule has 64 valence electrons. The van der Waals surface area contributed by atoms with Crippen molar-refractivity contribution in [3.8, 4) is 0 Å². The summed E-state index contributed by atoms with van der Waals surface area (Å²) in [5.41, 5.74) is -0.0668. The Bertz CT molecular complexity index is 163. The monoisotopic (exact) mass is 158 g/mol. The minimum atomic E-state index is -0.316. The van der Waals surface area contributed by atoms with E-state index in [4.69, 9.17) is 9.84 Å². The van der Waals surface area contributed by atoms with Gasteiger partial charge in [0.15, 0.2) is 0 Å². The maximum Gasteiger partial charge on any atom is 0.306 e. The van der Waals surface area contributed by atoms with Gasteiger partial charge >= 0.3 is 5.97 Å². The Balaban J connectivity index is 2.63. The van der Waals surface area contributed by atoms with Gasteiger partial charge in [0.2, 0.25) is 0 Å². The molecular formula is C8H14O3. The van der Waals surface area contributed by atoms with Gasteiger partial charge in [0.1, 0.15) is 6.10 Å². The number of aliphatic hydroxyl groups is 1. The fourth-order valence-corrected chi connectivity index (χ4v) is 1.25. The van der Waals surface area contributed by atoms with Crippen molar-refractivity contribution >= 4 is 5.97 Å². The van der Waals surface area contributed by atoms with E-state index in [1.807, 2.05) is 13.8 Å². The number of ether oxygens (including phenoxy) is 1. The van der Waals surface area contributed by atoms with Gasteiger partial charge < -0.3 is 9.84 Å². The van der Waals surface area contributed by atoms with Crippen LogP contribution in [-0.2, 0) is 9.53 Å². The van der Waals surface area contributed by atoms with Crippen LogP contribution in [0.15, 0.2) is 0 Å². The molecule has 0 spiro atoms. The lowest BCUT2D eigenvalue weighted by atomic mass is 9.80. The van der Waals surface area contributed by atoms with Crippen LogP contribution in [0.5, 0.6) is 0 Å². The fourth-order valence-electron chi connectivity index (χ4n) is 1.25. The van der Waals surface area contributed by atoms with Crippen molar-refractivity contribution in [3.05, 3.63) is 0 Å². The Hall–Kier alpha value is -0.570. The lowest BCUT2D eigenvalue weighted by molar-refractivity contribution is -0.168. The number of hydrogen-bond donors (Lipinski definition) is 1. The van der Waals surface area contributed by atoms with Gasteiger partial charge in [-0.2, -0.15) is 0 Å². The van der Waals surface area contributed by atoms with Gasteiger partial charge in [0.05, 0.1) is 6.61 Å². The van der Waals surface area contributed by atoms with Crippen LogP contribution in [0.3, 0.4) is 0 Å². The third-order valence-corrected chi connectivity index (χ3v) is 2.28. The molecular weight excluding hydrogens is 144 g/mol. The first-order valence-electron chi connectivity index (χ1n) is 3.86. The van der Waals surface area contributed by atoms with E-state index in [0.29, 0.717) is 6.42 Å². The third-order valence-electron chi connectivity index (χ3n) is 2.28. The van der Waals surface area contributed by atoms with Crippen LogP contribution in [0.25, 0.3) is 0 Å². The molecule has 0 radical (unpaired) electrons. The van der Waals surface area contributed by atoms with E-state index < -0.39 is 0 Å². The summed E-state index contributed by atoms with van der Waals surface area (Å²) in [4.78, 5) is 10.8. The zero-order valence-corrected chi connectivity index (χ0v) is 6.96. The SMILES string of the molecule is CC1(C)CCC(=O)O[C@H]1CO. The maximum absolute atomic E-state index is 10.8. The van der Waals surface area contributed by atoms with E-state index in [1.54, 1.807) is 0 Å². The summed E-state index contributed by atoms with van der Waals surface area (Å²) in [5, 5.41) is 8.87. The predicted octanol–water partition coefficient (Wildman–Crippen LogP) is 0.710. The minimum Gasteiger partial charge on any atom is -0.459 e. The van der Waals surface area contributed by atoms with E-state index >= 15 is 0 Å². The van der Waals surface area contributed by atoms with Crippen molar-refractivity contribution in [1.29, 1.82) is 0 Å². The van der Waals surface area contributed by atoms with E-state index in [9.17, 15) is 4.79 Å². The summed E-state index contributed by atoms with van der Waals surface area (Å²) in [6, 6.07) is 0. The Morgan fingerprint density at radius 2 is 2.36 bits per heavy atom. The quantitative estimate of drug-likeness (QED) is 0.572. The van der Waals surface area contributed by atoms with Crippen LogP contribution in [-0.4, -0.2) is 23.8 Å². The lowest BCUT2D eigenvalue weighted by Crippen LogP contribution is -2.41. The summed E-state index contributed by atoms with van der Waals surface area (Å²) in [6.45, 7) is 3.93. The number of cyclic esters (lactones) is 1. The van der Waals surface area contributed by atoms with Crippen LogP contribution in [0, 0.1) is 5.41 Å². The Morgan fingerprint density at radius 1 is 1.73 bits per heavy atom. The molecule has 1 N–H and O–H groups in total. The zero-order chi connectivity index (χ0) is 8.48. The molecule has 1 fully saturated rings. The van der Waals surface area contributed by atoms with Crippen molar-refractivity contribution in [2.24, 2.45) is 5.41 Å². The highest BCUT2D eigenvalue weighted by Gasteiger charge is 2.36. The molecule has 0 aromatic heterocycles. The molecule has 0 aromatic rings. The largest absolute Gasteiger partial charge is 0.459 e. The van der Waals surface area contributed by atoms with E-state index in [2.05, 4.69) is 0 Å². The number of esters is 1. The molecule has 11 heavy (non-hydrogen) atoms. The Morgan fingerprint density at radius 3 is 2.82 bits per heavy atom. The van der Waals surface area contributed by atoms with Crippen molar-refractivity contribution in [1.82, 2.24) is 0 Å². The molecule has 1 rings (SSSR count). The average Bonchev–Trinajstić information content (AvgIpc) is 1.94. The highest BCUT2D eigenvalue weighted by Crippen LogP contribution is 2.33. The molecule has 3 heteroatoms. The summed E-state index contributed by atoms with van der Waals surface area (Å²) in [5.74, 6) is -0.191. The van der Waals surface area contributed by atoms with Crippen LogP contribution >= 0.6 is 0 Å². The molecule has 1 atom stereocenters. The molecule has 0 bridgehead atoms. The van der Waals surface area contributed by atoms with Crippen molar-refractivity contribution < 1.29 is 14.6 Å². The molecule has 0 saturated carbocycles. The normalized spacial score (nSPS) is 29.7. The summed E-state index contributed by atoms with van der Waals surface area (Å²) in [7, 11) is 0. The molecule has 1 aliphatic rings. The van der Waals surface area contributed by atoms with Crippen LogP contribution in [0.1, 0.15) is 26.7 Å². The maximum atomic E-state index is 10.8. The zero-order valence-electron chi connectivity index (χ0n) is 6.96. The van der Waals surface area contributed by atoms with E-state index in [0.717, 1.165) is 6.42 Å². The highest BCUT2D eigenvalue weighted by molar-refractivity contribution is 5.70. The van der Waals surface area contributed by atoms with Crippen molar-refractivity contribution in [3.63, 3.8) is 0 Å². The predicted molar refractivity (Wildman–Crippen MR) is 40.0 cm³/mol. The molecule has 0 amide bonds. The smallest absolute Gasteiger partial charge is 0.306 e. The van der Waals surface area contributed by atoms with Gasteiger partial charge in [-0.1, -0.05) is 13.8 Å². The molecule has 0 aromatic carbocycles. The highest BCUT2D eigenvalue weighted by atomic mass is 16.6. The number of carbonyl (C=O) groups excluding carboxylic acids is 1. The number of hydrogen-bond acceptors (Lipinski definition) is 3. The number of rotatable bonds is 1. The second kappa shape index (κ2) is 2.81. The second-order valence-electron chi connectivity index (χ2n) is 3.65. The van der Waals surface area contributed by atoms with E-state index in [-0.39, 0.29) is 24.1 Å². The number of carbonyl (C=O) groups is 1. The van der Waals surface area contributed by atoms with Crippen LogP contribution in [0.4, 0.5) is 0 Å². The van der Waals surface area contributed by atoms with E-state index in [1.165, 1.54) is 0 Å². The first kappa shape index (κ1) is 8.53. The Labute approximate surface area is 66.4 Å². The first-order chi connectivity index (χ1) is 5.06. The fraction of sp³-hybridized carbons (Fsp3) is 0.875. The first-order valence-corrected chi connectivity index (χ1v) is 3.86. The molecule has 0 aliphatic carbocycles. The van der Waals surface area contributed by atoms with Gasteiger partial charge in [0.25, 0.3) is 0 Å². The molecule has 1 heterocycles. The van der Waals surface area contributed by atoms with Crippen LogP contribution < -0.4 is 0 Å². The summed E-state index contributed by atoms with van der Waals surface area (Å²) < 4.78 is 4.96.